The Hall–Kier alpha value is -1.34. The number of carbonyl (C=O) groups excluding carboxylic acids is 1. The van der Waals surface area contributed by atoms with Crippen molar-refractivity contribution in [1.29, 1.82) is 0 Å². The molecule has 1 aliphatic rings. The van der Waals surface area contributed by atoms with E-state index in [2.05, 4.69) is 0 Å². The number of hydrogen-bond donors (Lipinski definition) is 2. The first-order valence-electron chi connectivity index (χ1n) is 6.17. The zero-order valence-corrected chi connectivity index (χ0v) is 11.5. The second-order valence-corrected chi connectivity index (χ2v) is 5.53. The van der Waals surface area contributed by atoms with Crippen molar-refractivity contribution >= 4 is 12.1 Å². The molecule has 7 nitrogen and oxygen atoms in total. The van der Waals surface area contributed by atoms with Gasteiger partial charge >= 0.3 is 12.1 Å². The van der Waals surface area contributed by atoms with Crippen LogP contribution in [-0.2, 0) is 14.3 Å². The van der Waals surface area contributed by atoms with Crippen molar-refractivity contribution in [2.24, 2.45) is 0 Å². The molecule has 7 heteroatoms. The highest BCUT2D eigenvalue weighted by atomic mass is 16.6. The number of hydrogen-bond acceptors (Lipinski definition) is 5. The van der Waals surface area contributed by atoms with E-state index < -0.39 is 30.3 Å². The van der Waals surface area contributed by atoms with E-state index in [1.54, 1.807) is 20.8 Å². The van der Waals surface area contributed by atoms with Crippen LogP contribution in [0.4, 0.5) is 4.79 Å². The molecule has 110 valence electrons. The number of aliphatic carboxylic acids is 1. The first kappa shape index (κ1) is 15.7. The molecule has 0 bridgehead atoms. The van der Waals surface area contributed by atoms with Gasteiger partial charge in [-0.05, 0) is 27.2 Å². The highest BCUT2D eigenvalue weighted by Crippen LogP contribution is 2.22. The third kappa shape index (κ3) is 5.04. The smallest absolute Gasteiger partial charge is 0.410 e. The number of carbonyl (C=O) groups is 2. The average Bonchev–Trinajstić information content (AvgIpc) is 2.67. The molecule has 19 heavy (non-hydrogen) atoms. The molecule has 0 aromatic rings. The molecule has 0 saturated carbocycles. The van der Waals surface area contributed by atoms with Crippen LogP contribution in [0.3, 0.4) is 0 Å². The first-order valence-corrected chi connectivity index (χ1v) is 6.17. The van der Waals surface area contributed by atoms with Gasteiger partial charge in [-0.1, -0.05) is 0 Å². The van der Waals surface area contributed by atoms with Crippen molar-refractivity contribution in [1.82, 2.24) is 4.90 Å². The summed E-state index contributed by atoms with van der Waals surface area (Å²) >= 11 is 0. The Labute approximate surface area is 112 Å². The van der Waals surface area contributed by atoms with Crippen LogP contribution in [0.2, 0.25) is 0 Å². The Morgan fingerprint density at radius 1 is 1.37 bits per heavy atom. The fourth-order valence-electron chi connectivity index (χ4n) is 1.90. The molecule has 1 aliphatic heterocycles. The lowest BCUT2D eigenvalue weighted by atomic mass is 10.2. The largest absolute Gasteiger partial charge is 0.480 e. The number of ether oxygens (including phenoxy) is 2. The van der Waals surface area contributed by atoms with E-state index in [-0.39, 0.29) is 19.3 Å². The fraction of sp³-hybridized carbons (Fsp3) is 0.833. The zero-order chi connectivity index (χ0) is 14.6. The van der Waals surface area contributed by atoms with Gasteiger partial charge in [-0.3, -0.25) is 0 Å². The minimum absolute atomic E-state index is 0.202. The van der Waals surface area contributed by atoms with Crippen LogP contribution in [0.1, 0.15) is 27.2 Å². The molecular weight excluding hydrogens is 254 g/mol. The molecule has 1 heterocycles. The van der Waals surface area contributed by atoms with E-state index in [1.807, 2.05) is 0 Å². The fourth-order valence-corrected chi connectivity index (χ4v) is 1.90. The number of rotatable bonds is 4. The minimum Gasteiger partial charge on any atom is -0.480 e. The maximum atomic E-state index is 11.9. The van der Waals surface area contributed by atoms with E-state index in [0.717, 1.165) is 0 Å². The minimum atomic E-state index is -1.06. The molecule has 0 aromatic carbocycles. The molecule has 0 spiro atoms. The van der Waals surface area contributed by atoms with Crippen molar-refractivity contribution in [3.63, 3.8) is 0 Å². The molecule has 0 radical (unpaired) electrons. The van der Waals surface area contributed by atoms with E-state index >= 15 is 0 Å². The van der Waals surface area contributed by atoms with Crippen molar-refractivity contribution in [2.45, 2.75) is 44.9 Å². The van der Waals surface area contributed by atoms with Crippen LogP contribution in [0.5, 0.6) is 0 Å². The topological polar surface area (TPSA) is 96.3 Å². The molecule has 1 amide bonds. The molecule has 2 N–H and O–H groups in total. The van der Waals surface area contributed by atoms with E-state index in [0.29, 0.717) is 6.42 Å². The number of carboxylic acids is 1. The van der Waals surface area contributed by atoms with Crippen molar-refractivity contribution < 1.29 is 29.3 Å². The summed E-state index contributed by atoms with van der Waals surface area (Å²) < 4.78 is 10.4. The maximum Gasteiger partial charge on any atom is 0.410 e. The monoisotopic (exact) mass is 275 g/mol. The molecule has 1 fully saturated rings. The van der Waals surface area contributed by atoms with E-state index in [4.69, 9.17) is 14.6 Å². The molecule has 1 rings (SSSR count). The van der Waals surface area contributed by atoms with E-state index in [9.17, 15) is 14.7 Å². The van der Waals surface area contributed by atoms with Gasteiger partial charge in [-0.15, -0.1) is 0 Å². The first-order chi connectivity index (χ1) is 8.73. The van der Waals surface area contributed by atoms with Gasteiger partial charge in [0.15, 0.2) is 0 Å². The third-order valence-electron chi connectivity index (χ3n) is 2.66. The second kappa shape index (κ2) is 6.21. The lowest BCUT2D eigenvalue weighted by Gasteiger charge is -2.27. The Kier molecular flexibility index (Phi) is 5.13. The summed E-state index contributed by atoms with van der Waals surface area (Å²) in [4.78, 5) is 23.8. The van der Waals surface area contributed by atoms with Gasteiger partial charge in [0, 0.05) is 0 Å². The van der Waals surface area contributed by atoms with Gasteiger partial charge < -0.3 is 24.6 Å². The standard InChI is InChI=1S/C12H21NO6/c1-12(2,3)19-11(17)13-5-9(4-8(13)6-14)18-7-10(15)16/h8-9,14H,4-7H2,1-3H3,(H,15,16). The summed E-state index contributed by atoms with van der Waals surface area (Å²) in [6.45, 7) is 4.89. The van der Waals surface area contributed by atoms with Crippen LogP contribution in [-0.4, -0.2) is 64.7 Å². The molecule has 2 unspecified atom stereocenters. The van der Waals surface area contributed by atoms with Crippen molar-refractivity contribution in [2.75, 3.05) is 19.8 Å². The van der Waals surface area contributed by atoms with Gasteiger partial charge in [-0.2, -0.15) is 0 Å². The van der Waals surface area contributed by atoms with Crippen molar-refractivity contribution in [3.05, 3.63) is 0 Å². The molecule has 0 aliphatic carbocycles. The van der Waals surface area contributed by atoms with E-state index in [1.165, 1.54) is 4.90 Å². The molecule has 0 aromatic heterocycles. The Bertz CT molecular complexity index is 338. The molecule has 1 saturated heterocycles. The third-order valence-corrected chi connectivity index (χ3v) is 2.66. The van der Waals surface area contributed by atoms with Crippen LogP contribution < -0.4 is 0 Å². The predicted molar refractivity (Wildman–Crippen MR) is 65.8 cm³/mol. The number of aliphatic hydroxyl groups is 1. The highest BCUT2D eigenvalue weighted by Gasteiger charge is 2.37. The number of aliphatic hydroxyl groups excluding tert-OH is 1. The zero-order valence-electron chi connectivity index (χ0n) is 11.5. The lowest BCUT2D eigenvalue weighted by Crippen LogP contribution is -2.41. The van der Waals surface area contributed by atoms with Gasteiger partial charge in [0.05, 0.1) is 25.3 Å². The number of nitrogens with zero attached hydrogens (tertiary/aromatic N) is 1. The quantitative estimate of drug-likeness (QED) is 0.773. The van der Waals surface area contributed by atoms with Crippen LogP contribution in [0, 0.1) is 0 Å². The summed E-state index contributed by atoms with van der Waals surface area (Å²) in [5.41, 5.74) is -0.614. The Morgan fingerprint density at radius 3 is 2.47 bits per heavy atom. The van der Waals surface area contributed by atoms with Crippen LogP contribution >= 0.6 is 0 Å². The van der Waals surface area contributed by atoms with Gasteiger partial charge in [0.2, 0.25) is 0 Å². The average molecular weight is 275 g/mol. The number of carboxylic acid groups (broad SMARTS) is 1. The number of amides is 1. The lowest BCUT2D eigenvalue weighted by molar-refractivity contribution is -0.144. The van der Waals surface area contributed by atoms with Gasteiger partial charge in [0.1, 0.15) is 12.2 Å². The molecular formula is C12H21NO6. The summed E-state index contributed by atoms with van der Waals surface area (Å²) in [7, 11) is 0. The predicted octanol–water partition coefficient (Wildman–Crippen LogP) is 0.458. The van der Waals surface area contributed by atoms with Gasteiger partial charge in [0.25, 0.3) is 0 Å². The van der Waals surface area contributed by atoms with Crippen LogP contribution in [0.25, 0.3) is 0 Å². The maximum absolute atomic E-state index is 11.9. The summed E-state index contributed by atoms with van der Waals surface area (Å²) in [6.07, 6.45) is -0.503. The normalized spacial score (nSPS) is 23.5. The summed E-state index contributed by atoms with van der Waals surface area (Å²) in [5.74, 6) is -1.06. The second-order valence-electron chi connectivity index (χ2n) is 5.53. The molecule has 2 atom stereocenters. The highest BCUT2D eigenvalue weighted by molar-refractivity contribution is 5.69. The summed E-state index contributed by atoms with van der Waals surface area (Å²) in [5, 5.41) is 17.8. The van der Waals surface area contributed by atoms with Crippen molar-refractivity contribution in [3.8, 4) is 0 Å². The van der Waals surface area contributed by atoms with Gasteiger partial charge in [-0.25, -0.2) is 9.59 Å². The van der Waals surface area contributed by atoms with Crippen LogP contribution in [0.15, 0.2) is 0 Å². The summed E-state index contributed by atoms with van der Waals surface area (Å²) in [6, 6.07) is -0.395. The SMILES string of the molecule is CC(C)(C)OC(=O)N1CC(OCC(=O)O)CC1CO. The number of likely N-dealkylation sites (tertiary alicyclic amines) is 1. The Morgan fingerprint density at radius 2 is 2.00 bits per heavy atom. The Balaban J connectivity index is 2.57.